The van der Waals surface area contributed by atoms with Crippen LogP contribution < -0.4 is 5.32 Å². The molecule has 0 radical (unpaired) electrons. The van der Waals surface area contributed by atoms with Crippen molar-refractivity contribution >= 4 is 5.91 Å². The highest BCUT2D eigenvalue weighted by atomic mass is 16.7. The first-order valence-corrected chi connectivity index (χ1v) is 23.9. The van der Waals surface area contributed by atoms with E-state index in [4.69, 9.17) is 9.47 Å². The molecule has 11 nitrogen and oxygen atoms in total. The summed E-state index contributed by atoms with van der Waals surface area (Å²) in [5.74, 6) is -0.694. The van der Waals surface area contributed by atoms with E-state index in [1.54, 1.807) is 0 Å². The second-order valence-corrected chi connectivity index (χ2v) is 17.2. The molecule has 1 rings (SSSR count). The van der Waals surface area contributed by atoms with Gasteiger partial charge in [0.1, 0.15) is 36.6 Å². The van der Waals surface area contributed by atoms with Gasteiger partial charge in [0.2, 0.25) is 5.91 Å². The molecule has 9 unspecified atom stereocenters. The Morgan fingerprint density at radius 2 is 0.912 bits per heavy atom. The van der Waals surface area contributed by atoms with E-state index >= 15 is 0 Å². The van der Waals surface area contributed by atoms with Gasteiger partial charge in [0, 0.05) is 0 Å². The fourth-order valence-corrected chi connectivity index (χ4v) is 7.91. The van der Waals surface area contributed by atoms with Crippen LogP contribution in [-0.4, -0.2) is 110 Å². The minimum absolute atomic E-state index is 0.266. The fourth-order valence-electron chi connectivity index (χ4n) is 7.91. The molecule has 9 atom stereocenters. The molecule has 1 saturated heterocycles. The smallest absolute Gasteiger partial charge is 0.249 e. The maximum atomic E-state index is 13.1. The molecule has 0 aliphatic carbocycles. The van der Waals surface area contributed by atoms with Gasteiger partial charge >= 0.3 is 0 Å². The molecule has 57 heavy (non-hydrogen) atoms. The van der Waals surface area contributed by atoms with Gasteiger partial charge in [-0.3, -0.25) is 4.79 Å². The summed E-state index contributed by atoms with van der Waals surface area (Å²) < 4.78 is 11.1. The first kappa shape index (κ1) is 54.1. The van der Waals surface area contributed by atoms with Crippen LogP contribution in [0, 0.1) is 0 Å². The van der Waals surface area contributed by atoms with Crippen LogP contribution in [0.4, 0.5) is 0 Å². The van der Waals surface area contributed by atoms with Crippen molar-refractivity contribution in [1.29, 1.82) is 0 Å². The quantitative estimate of drug-likeness (QED) is 0.0283. The molecule has 11 heteroatoms. The Morgan fingerprint density at radius 1 is 0.544 bits per heavy atom. The maximum Gasteiger partial charge on any atom is 0.249 e. The van der Waals surface area contributed by atoms with Crippen LogP contribution in [0.3, 0.4) is 0 Å². The number of carbonyl (C=O) groups excluding carboxylic acids is 1. The van der Waals surface area contributed by atoms with Gasteiger partial charge in [0.15, 0.2) is 6.29 Å². The number of aliphatic hydroxyl groups excluding tert-OH is 7. The summed E-state index contributed by atoms with van der Waals surface area (Å²) in [5, 5.41) is 75.7. The third kappa shape index (κ3) is 26.8. The number of ether oxygens (including phenoxy) is 2. The second kappa shape index (κ2) is 36.9. The summed E-state index contributed by atoms with van der Waals surface area (Å²) in [7, 11) is 0. The third-order valence-electron chi connectivity index (χ3n) is 11.9. The van der Waals surface area contributed by atoms with E-state index in [2.05, 4.69) is 19.2 Å². The normalized spacial score (nSPS) is 22.0. The average molecular weight is 818 g/mol. The predicted octanol–water partition coefficient (Wildman–Crippen LogP) is 7.89. The molecule has 0 spiro atoms. The molecule has 1 fully saturated rings. The van der Waals surface area contributed by atoms with Crippen molar-refractivity contribution in [1.82, 2.24) is 5.32 Å². The second-order valence-electron chi connectivity index (χ2n) is 17.2. The Morgan fingerprint density at radius 3 is 1.30 bits per heavy atom. The van der Waals surface area contributed by atoms with E-state index in [1.165, 1.54) is 141 Å². The lowest BCUT2D eigenvalue weighted by Gasteiger charge is -2.40. The van der Waals surface area contributed by atoms with Gasteiger partial charge in [-0.2, -0.15) is 0 Å². The van der Waals surface area contributed by atoms with Crippen molar-refractivity contribution in [3.8, 4) is 0 Å². The van der Waals surface area contributed by atoms with Crippen LogP contribution >= 0.6 is 0 Å². The highest BCUT2D eigenvalue weighted by molar-refractivity contribution is 5.80. The molecular weight excluding hydrogens is 727 g/mol. The van der Waals surface area contributed by atoms with Crippen molar-refractivity contribution in [2.45, 2.75) is 274 Å². The first-order valence-electron chi connectivity index (χ1n) is 23.9. The van der Waals surface area contributed by atoms with Gasteiger partial charge in [-0.15, -0.1) is 0 Å². The number of unbranched alkanes of at least 4 members (excludes halogenated alkanes) is 28. The van der Waals surface area contributed by atoms with E-state index in [0.717, 1.165) is 38.5 Å². The van der Waals surface area contributed by atoms with Crippen molar-refractivity contribution in [2.24, 2.45) is 0 Å². The number of rotatable bonds is 40. The van der Waals surface area contributed by atoms with Crippen molar-refractivity contribution < 1.29 is 50.0 Å². The van der Waals surface area contributed by atoms with E-state index in [0.29, 0.717) is 19.3 Å². The molecule has 1 amide bonds. The molecule has 0 saturated carbocycles. The Labute approximate surface area is 348 Å². The van der Waals surface area contributed by atoms with Gasteiger partial charge in [-0.1, -0.05) is 206 Å². The van der Waals surface area contributed by atoms with Crippen molar-refractivity contribution in [2.75, 3.05) is 13.2 Å². The molecule has 0 aromatic heterocycles. The van der Waals surface area contributed by atoms with Crippen LogP contribution in [0.25, 0.3) is 0 Å². The molecule has 340 valence electrons. The van der Waals surface area contributed by atoms with E-state index in [1.807, 2.05) is 0 Å². The van der Waals surface area contributed by atoms with Crippen LogP contribution in [0.5, 0.6) is 0 Å². The molecule has 1 aliphatic rings. The lowest BCUT2D eigenvalue weighted by atomic mass is 9.98. The van der Waals surface area contributed by atoms with Crippen LogP contribution in [0.1, 0.15) is 219 Å². The number of amides is 1. The Balaban J connectivity index is 2.44. The Kier molecular flexibility index (Phi) is 35.1. The minimum Gasteiger partial charge on any atom is -0.394 e. The lowest BCUT2D eigenvalue weighted by molar-refractivity contribution is -0.303. The molecule has 0 bridgehead atoms. The molecule has 1 aliphatic heterocycles. The summed E-state index contributed by atoms with van der Waals surface area (Å²) in [6, 6.07) is -1.16. The van der Waals surface area contributed by atoms with E-state index in [-0.39, 0.29) is 6.42 Å². The number of hydrogen-bond acceptors (Lipinski definition) is 10. The van der Waals surface area contributed by atoms with Gasteiger partial charge in [0.05, 0.1) is 25.4 Å². The summed E-state index contributed by atoms with van der Waals surface area (Å²) in [6.07, 6.45) is 25.7. The van der Waals surface area contributed by atoms with Gasteiger partial charge in [-0.05, 0) is 12.8 Å². The number of hydrogen-bond donors (Lipinski definition) is 8. The van der Waals surface area contributed by atoms with Crippen LogP contribution in [0.2, 0.25) is 0 Å². The van der Waals surface area contributed by atoms with Gasteiger partial charge < -0.3 is 50.5 Å². The van der Waals surface area contributed by atoms with Gasteiger partial charge in [-0.25, -0.2) is 0 Å². The summed E-state index contributed by atoms with van der Waals surface area (Å²) >= 11 is 0. The monoisotopic (exact) mass is 818 g/mol. The number of aliphatic hydroxyl groups is 7. The van der Waals surface area contributed by atoms with E-state index in [9.17, 15) is 40.5 Å². The fraction of sp³-hybridized carbons (Fsp3) is 0.978. The number of carbonyl (C=O) groups is 1. The van der Waals surface area contributed by atoms with Crippen molar-refractivity contribution in [3.05, 3.63) is 0 Å². The molecule has 0 aromatic rings. The van der Waals surface area contributed by atoms with Crippen molar-refractivity contribution in [3.63, 3.8) is 0 Å². The third-order valence-corrected chi connectivity index (χ3v) is 11.9. The SMILES string of the molecule is CCCCCCCCCCCCCCCCCC(O)C(=O)NC(COC1OC(CO)C(O)C(O)C1O)C(O)C(O)CCCCCCCCCCCCCCCCC. The maximum absolute atomic E-state index is 13.1. The largest absolute Gasteiger partial charge is 0.394 e. The lowest BCUT2D eigenvalue weighted by Crippen LogP contribution is -2.60. The molecular formula is C46H91NO10. The molecule has 1 heterocycles. The topological polar surface area (TPSA) is 189 Å². The number of nitrogens with one attached hydrogen (secondary N) is 1. The highest BCUT2D eigenvalue weighted by Crippen LogP contribution is 2.23. The highest BCUT2D eigenvalue weighted by Gasteiger charge is 2.44. The zero-order valence-corrected chi connectivity index (χ0v) is 36.6. The Hall–Kier alpha value is -0.890. The summed E-state index contributed by atoms with van der Waals surface area (Å²) in [5.41, 5.74) is 0. The summed E-state index contributed by atoms with van der Waals surface area (Å²) in [4.78, 5) is 13.1. The zero-order chi connectivity index (χ0) is 41.9. The zero-order valence-electron chi connectivity index (χ0n) is 36.6. The predicted molar refractivity (Wildman–Crippen MR) is 229 cm³/mol. The van der Waals surface area contributed by atoms with Crippen LogP contribution in [0.15, 0.2) is 0 Å². The first-order chi connectivity index (χ1) is 27.7. The Bertz CT molecular complexity index is 897. The standard InChI is InChI=1S/C46H91NO10/c1-3-5-7-9-11-13-15-17-19-21-23-25-27-29-31-33-38(49)41(51)37(36-56-46-44(54)43(53)42(52)40(35-48)57-46)47-45(55)39(50)34-32-30-28-26-24-22-20-18-16-14-12-10-8-6-4-2/h37-44,46,48-54H,3-36H2,1-2H3,(H,47,55). The van der Waals surface area contributed by atoms with Gasteiger partial charge in [0.25, 0.3) is 0 Å². The minimum atomic E-state index is -1.66. The van der Waals surface area contributed by atoms with E-state index < -0.39 is 74.2 Å². The van der Waals surface area contributed by atoms with Crippen LogP contribution in [-0.2, 0) is 14.3 Å². The summed E-state index contributed by atoms with van der Waals surface area (Å²) in [6.45, 7) is 3.45. The molecule has 8 N–H and O–H groups in total. The average Bonchev–Trinajstić information content (AvgIpc) is 3.21. The molecule has 0 aromatic carbocycles.